The second-order valence-electron chi connectivity index (χ2n) is 6.17. The quantitative estimate of drug-likeness (QED) is 0.783. The molecule has 1 unspecified atom stereocenters. The smallest absolute Gasteiger partial charge is 0.221 e. The van der Waals surface area contributed by atoms with E-state index in [4.69, 9.17) is 5.73 Å². The first-order valence-electron chi connectivity index (χ1n) is 6.35. The Hall–Kier alpha value is -0.620. The minimum absolute atomic E-state index is 0.0202. The largest absolute Gasteiger partial charge is 0.353 e. The molecule has 0 aromatic rings. The summed E-state index contributed by atoms with van der Waals surface area (Å²) in [6.07, 6.45) is 1.31. The molecule has 1 heterocycles. The van der Waals surface area contributed by atoms with Crippen molar-refractivity contribution >= 4 is 15.7 Å². The zero-order valence-corrected chi connectivity index (χ0v) is 12.2. The number of nitrogens with one attached hydrogen (secondary N) is 1. The van der Waals surface area contributed by atoms with Crippen LogP contribution in [0.25, 0.3) is 0 Å². The average Bonchev–Trinajstić information content (AvgIpc) is 2.19. The van der Waals surface area contributed by atoms with Crippen LogP contribution < -0.4 is 11.1 Å². The van der Waals surface area contributed by atoms with Crippen LogP contribution in [0, 0.1) is 5.41 Å². The van der Waals surface area contributed by atoms with E-state index in [1.807, 2.05) is 20.8 Å². The fraction of sp³-hybridized carbons (Fsp3) is 0.917. The standard InChI is InChI=1S/C12H24N2O3S/c1-12(2,3)10(13)8-11(15)14-9-4-6-18(16,17)7-5-9/h9-10H,4-8,13H2,1-3H3,(H,14,15). The van der Waals surface area contributed by atoms with Crippen molar-refractivity contribution in [2.24, 2.45) is 11.1 Å². The van der Waals surface area contributed by atoms with Crippen molar-refractivity contribution in [1.82, 2.24) is 5.32 Å². The van der Waals surface area contributed by atoms with Crippen molar-refractivity contribution in [3.05, 3.63) is 0 Å². The second-order valence-corrected chi connectivity index (χ2v) is 8.47. The number of rotatable bonds is 3. The molecule has 6 heteroatoms. The lowest BCUT2D eigenvalue weighted by atomic mass is 9.85. The third kappa shape index (κ3) is 4.94. The van der Waals surface area contributed by atoms with Crippen LogP contribution in [0.4, 0.5) is 0 Å². The van der Waals surface area contributed by atoms with Crippen molar-refractivity contribution in [2.75, 3.05) is 11.5 Å². The minimum Gasteiger partial charge on any atom is -0.353 e. The van der Waals surface area contributed by atoms with E-state index in [2.05, 4.69) is 5.32 Å². The van der Waals surface area contributed by atoms with Crippen molar-refractivity contribution < 1.29 is 13.2 Å². The van der Waals surface area contributed by atoms with Gasteiger partial charge >= 0.3 is 0 Å². The van der Waals surface area contributed by atoms with Gasteiger partial charge in [0, 0.05) is 18.5 Å². The SMILES string of the molecule is CC(C)(C)C(N)CC(=O)NC1CCS(=O)(=O)CC1. The highest BCUT2D eigenvalue weighted by Gasteiger charge is 2.27. The lowest BCUT2D eigenvalue weighted by Crippen LogP contribution is -2.45. The van der Waals surface area contributed by atoms with Crippen molar-refractivity contribution in [2.45, 2.75) is 52.1 Å². The topological polar surface area (TPSA) is 89.3 Å². The molecule has 0 aromatic heterocycles. The Morgan fingerprint density at radius 1 is 1.33 bits per heavy atom. The summed E-state index contributed by atoms with van der Waals surface area (Å²) in [4.78, 5) is 11.8. The Bertz CT molecular complexity index is 384. The minimum atomic E-state index is -2.87. The van der Waals surface area contributed by atoms with E-state index in [1.165, 1.54) is 0 Å². The first kappa shape index (κ1) is 15.4. The van der Waals surface area contributed by atoms with Gasteiger partial charge in [0.1, 0.15) is 9.84 Å². The van der Waals surface area contributed by atoms with E-state index in [-0.39, 0.29) is 41.3 Å². The summed E-state index contributed by atoms with van der Waals surface area (Å²) in [6.45, 7) is 5.99. The molecule has 1 amide bonds. The van der Waals surface area contributed by atoms with Gasteiger partial charge in [0.2, 0.25) is 5.91 Å². The molecule has 1 aliphatic heterocycles. The molecule has 3 N–H and O–H groups in total. The number of nitrogens with two attached hydrogens (primary N) is 1. The van der Waals surface area contributed by atoms with Crippen LogP contribution >= 0.6 is 0 Å². The third-order valence-corrected chi connectivity index (χ3v) is 5.15. The number of carbonyl (C=O) groups is 1. The monoisotopic (exact) mass is 276 g/mol. The lowest BCUT2D eigenvalue weighted by Gasteiger charge is -2.28. The Labute approximate surface area is 109 Å². The highest BCUT2D eigenvalue weighted by molar-refractivity contribution is 7.91. The molecule has 18 heavy (non-hydrogen) atoms. The summed E-state index contributed by atoms with van der Waals surface area (Å²) >= 11 is 0. The summed E-state index contributed by atoms with van der Waals surface area (Å²) < 4.78 is 22.5. The third-order valence-electron chi connectivity index (χ3n) is 3.44. The predicted molar refractivity (Wildman–Crippen MR) is 71.9 cm³/mol. The van der Waals surface area contributed by atoms with Crippen molar-refractivity contribution in [1.29, 1.82) is 0 Å². The molecule has 1 rings (SSSR count). The maximum Gasteiger partial charge on any atom is 0.221 e. The molecule has 1 aliphatic rings. The fourth-order valence-electron chi connectivity index (χ4n) is 1.83. The zero-order valence-electron chi connectivity index (χ0n) is 11.4. The molecule has 0 radical (unpaired) electrons. The molecular weight excluding hydrogens is 252 g/mol. The number of amides is 1. The Kier molecular flexibility index (Phi) is 4.78. The second kappa shape index (κ2) is 5.57. The number of hydrogen-bond donors (Lipinski definition) is 2. The van der Waals surface area contributed by atoms with E-state index >= 15 is 0 Å². The van der Waals surface area contributed by atoms with Crippen LogP contribution in [0.5, 0.6) is 0 Å². The van der Waals surface area contributed by atoms with Crippen LogP contribution in [-0.2, 0) is 14.6 Å². The van der Waals surface area contributed by atoms with E-state index in [0.717, 1.165) is 0 Å². The number of sulfone groups is 1. The lowest BCUT2D eigenvalue weighted by molar-refractivity contribution is -0.122. The van der Waals surface area contributed by atoms with E-state index in [1.54, 1.807) is 0 Å². The molecule has 0 saturated carbocycles. The molecule has 1 saturated heterocycles. The first-order chi connectivity index (χ1) is 8.10. The van der Waals surface area contributed by atoms with Crippen LogP contribution in [0.15, 0.2) is 0 Å². The predicted octanol–water partition coefficient (Wildman–Crippen LogP) is 0.443. The van der Waals surface area contributed by atoms with Crippen LogP contribution in [-0.4, -0.2) is 37.9 Å². The summed E-state index contributed by atoms with van der Waals surface area (Å²) in [5, 5.41) is 2.88. The normalized spacial score (nSPS) is 22.4. The van der Waals surface area contributed by atoms with Gasteiger partial charge in [0.05, 0.1) is 11.5 Å². The molecule has 1 fully saturated rings. The summed E-state index contributed by atoms with van der Waals surface area (Å²) in [5.74, 6) is 0.258. The van der Waals surface area contributed by atoms with Crippen LogP contribution in [0.3, 0.4) is 0 Å². The summed E-state index contributed by atoms with van der Waals surface area (Å²) in [6, 6.07) is -0.210. The fourth-order valence-corrected chi connectivity index (χ4v) is 3.32. The molecule has 5 nitrogen and oxygen atoms in total. The maximum atomic E-state index is 11.8. The summed E-state index contributed by atoms with van der Waals surface area (Å²) in [7, 11) is -2.87. The Morgan fingerprint density at radius 2 is 1.83 bits per heavy atom. The molecule has 106 valence electrons. The van der Waals surface area contributed by atoms with E-state index < -0.39 is 9.84 Å². The molecule has 0 aliphatic carbocycles. The highest BCUT2D eigenvalue weighted by atomic mass is 32.2. The van der Waals surface area contributed by atoms with Gasteiger partial charge < -0.3 is 11.1 Å². The molecule has 0 spiro atoms. The molecule has 1 atom stereocenters. The average molecular weight is 276 g/mol. The number of hydrogen-bond acceptors (Lipinski definition) is 4. The van der Waals surface area contributed by atoms with Gasteiger partial charge in [-0.2, -0.15) is 0 Å². The van der Waals surface area contributed by atoms with Gasteiger partial charge in [-0.3, -0.25) is 4.79 Å². The van der Waals surface area contributed by atoms with Gasteiger partial charge in [-0.15, -0.1) is 0 Å². The van der Waals surface area contributed by atoms with Gasteiger partial charge in [-0.05, 0) is 18.3 Å². The summed E-state index contributed by atoms with van der Waals surface area (Å²) in [5.41, 5.74) is 5.84. The molecular formula is C12H24N2O3S. The van der Waals surface area contributed by atoms with Gasteiger partial charge in [-0.1, -0.05) is 20.8 Å². The Balaban J connectivity index is 2.38. The van der Waals surface area contributed by atoms with Gasteiger partial charge in [0.15, 0.2) is 0 Å². The maximum absolute atomic E-state index is 11.8. The molecule has 0 bridgehead atoms. The van der Waals surface area contributed by atoms with E-state index in [9.17, 15) is 13.2 Å². The van der Waals surface area contributed by atoms with Gasteiger partial charge in [-0.25, -0.2) is 8.42 Å². The van der Waals surface area contributed by atoms with Gasteiger partial charge in [0.25, 0.3) is 0 Å². The van der Waals surface area contributed by atoms with Crippen molar-refractivity contribution in [3.63, 3.8) is 0 Å². The zero-order chi connectivity index (χ0) is 14.0. The van der Waals surface area contributed by atoms with Crippen LogP contribution in [0.1, 0.15) is 40.0 Å². The first-order valence-corrected chi connectivity index (χ1v) is 8.18. The highest BCUT2D eigenvalue weighted by Crippen LogP contribution is 2.20. The Morgan fingerprint density at radius 3 is 2.28 bits per heavy atom. The molecule has 0 aromatic carbocycles. The van der Waals surface area contributed by atoms with Crippen LogP contribution in [0.2, 0.25) is 0 Å². The number of carbonyl (C=O) groups excluding carboxylic acids is 1. The van der Waals surface area contributed by atoms with Crippen molar-refractivity contribution in [3.8, 4) is 0 Å². The van der Waals surface area contributed by atoms with E-state index in [0.29, 0.717) is 12.8 Å².